The first-order valence-electron chi connectivity index (χ1n) is 4.17. The summed E-state index contributed by atoms with van der Waals surface area (Å²) in [5.74, 6) is -0.00146. The van der Waals surface area contributed by atoms with Crippen molar-refractivity contribution in [2.75, 3.05) is 6.61 Å². The smallest absolute Gasteiger partial charge is 0.377 e. The fraction of sp³-hybridized carbons (Fsp3) is 0.875. The average molecular weight is 196 g/mol. The normalized spacial score (nSPS) is 24.8. The minimum Gasteiger partial charge on any atom is -0.377 e. The summed E-state index contributed by atoms with van der Waals surface area (Å²) in [4.78, 5) is 10.8. The fourth-order valence-electron chi connectivity index (χ4n) is 1.26. The van der Waals surface area contributed by atoms with Crippen molar-refractivity contribution in [2.45, 2.75) is 38.0 Å². The third-order valence-corrected chi connectivity index (χ3v) is 1.94. The molecule has 13 heavy (non-hydrogen) atoms. The van der Waals surface area contributed by atoms with Crippen molar-refractivity contribution in [1.82, 2.24) is 0 Å². The van der Waals surface area contributed by atoms with Crippen LogP contribution in [0.1, 0.15) is 25.7 Å². The third-order valence-electron chi connectivity index (χ3n) is 1.94. The van der Waals surface area contributed by atoms with Crippen molar-refractivity contribution in [3.8, 4) is 0 Å². The summed E-state index contributed by atoms with van der Waals surface area (Å²) in [6.07, 6.45) is -5.18. The van der Waals surface area contributed by atoms with Crippen LogP contribution >= 0.6 is 0 Å². The predicted octanol–water partition coefficient (Wildman–Crippen LogP) is 2.08. The van der Waals surface area contributed by atoms with Crippen molar-refractivity contribution in [3.05, 3.63) is 0 Å². The van der Waals surface area contributed by atoms with Gasteiger partial charge in [0, 0.05) is 19.3 Å². The van der Waals surface area contributed by atoms with E-state index in [1.54, 1.807) is 0 Å². The van der Waals surface area contributed by atoms with Gasteiger partial charge in [0.1, 0.15) is 5.78 Å². The van der Waals surface area contributed by atoms with Gasteiger partial charge in [-0.1, -0.05) is 0 Å². The number of Topliss-reactive ketones (excluding diaryl/α,β-unsaturated/α-hetero) is 1. The van der Waals surface area contributed by atoms with E-state index in [1.807, 2.05) is 0 Å². The van der Waals surface area contributed by atoms with Crippen LogP contribution in [0.3, 0.4) is 0 Å². The van der Waals surface area contributed by atoms with Gasteiger partial charge in [0.05, 0.1) is 12.7 Å². The molecule has 0 bridgehead atoms. The Morgan fingerprint density at radius 3 is 2.69 bits per heavy atom. The molecule has 2 nitrogen and oxygen atoms in total. The molecule has 0 spiro atoms. The van der Waals surface area contributed by atoms with Crippen LogP contribution in [0.2, 0.25) is 0 Å². The monoisotopic (exact) mass is 196 g/mol. The maximum absolute atomic E-state index is 11.8. The van der Waals surface area contributed by atoms with E-state index in [4.69, 9.17) is 4.74 Å². The molecule has 0 N–H and O–H groups in total. The summed E-state index contributed by atoms with van der Waals surface area (Å²) in [7, 11) is 0. The minimum atomic E-state index is -4.15. The maximum atomic E-state index is 11.8. The number of ether oxygens (including phenoxy) is 1. The molecule has 1 saturated heterocycles. The quantitative estimate of drug-likeness (QED) is 0.675. The molecule has 0 aromatic heterocycles. The van der Waals surface area contributed by atoms with Crippen molar-refractivity contribution in [2.24, 2.45) is 0 Å². The van der Waals surface area contributed by atoms with Gasteiger partial charge in [0.2, 0.25) is 0 Å². The van der Waals surface area contributed by atoms with Gasteiger partial charge < -0.3 is 4.74 Å². The standard InChI is InChI=1S/C8H11F3O2/c9-8(10,11)3-1-7-5-6(12)2-4-13-7/h7H,1-5H2. The number of carbonyl (C=O) groups excluding carboxylic acids is 1. The molecular weight excluding hydrogens is 185 g/mol. The summed E-state index contributed by atoms with van der Waals surface area (Å²) >= 11 is 0. The Kier molecular flexibility index (Phi) is 3.30. The molecule has 1 aliphatic rings. The Bertz CT molecular complexity index is 188. The number of hydrogen-bond donors (Lipinski definition) is 0. The van der Waals surface area contributed by atoms with E-state index in [-0.39, 0.29) is 25.2 Å². The zero-order chi connectivity index (χ0) is 9.90. The van der Waals surface area contributed by atoms with E-state index in [0.29, 0.717) is 6.42 Å². The first-order valence-corrected chi connectivity index (χ1v) is 4.17. The lowest BCUT2D eigenvalue weighted by atomic mass is 10.0. The van der Waals surface area contributed by atoms with E-state index in [9.17, 15) is 18.0 Å². The van der Waals surface area contributed by atoms with Gasteiger partial charge in [0.25, 0.3) is 0 Å². The van der Waals surface area contributed by atoms with Crippen molar-refractivity contribution in [3.63, 3.8) is 0 Å². The summed E-state index contributed by atoms with van der Waals surface area (Å²) in [6.45, 7) is 0.265. The number of halogens is 3. The second kappa shape index (κ2) is 4.09. The molecule has 1 atom stereocenters. The first kappa shape index (κ1) is 10.5. The van der Waals surface area contributed by atoms with Crippen LogP contribution in [0.5, 0.6) is 0 Å². The second-order valence-corrected chi connectivity index (χ2v) is 3.14. The van der Waals surface area contributed by atoms with Gasteiger partial charge in [0.15, 0.2) is 0 Å². The molecule has 1 rings (SSSR count). The number of carbonyl (C=O) groups is 1. The maximum Gasteiger partial charge on any atom is 0.389 e. The zero-order valence-corrected chi connectivity index (χ0v) is 7.06. The molecule has 1 aliphatic heterocycles. The van der Waals surface area contributed by atoms with Gasteiger partial charge >= 0.3 is 6.18 Å². The average Bonchev–Trinajstić information content (AvgIpc) is 2.00. The number of rotatable bonds is 2. The van der Waals surface area contributed by atoms with Gasteiger partial charge in [-0.2, -0.15) is 13.2 Å². The van der Waals surface area contributed by atoms with Crippen LogP contribution in [0.15, 0.2) is 0 Å². The summed E-state index contributed by atoms with van der Waals surface area (Å²) < 4.78 is 40.3. The van der Waals surface area contributed by atoms with Crippen molar-refractivity contribution >= 4 is 5.78 Å². The molecule has 0 aliphatic carbocycles. The predicted molar refractivity (Wildman–Crippen MR) is 39.3 cm³/mol. The number of alkyl halides is 3. The fourth-order valence-corrected chi connectivity index (χ4v) is 1.26. The highest BCUT2D eigenvalue weighted by atomic mass is 19.4. The minimum absolute atomic E-state index is 0.00146. The topological polar surface area (TPSA) is 26.3 Å². The van der Waals surface area contributed by atoms with Gasteiger partial charge in [-0.15, -0.1) is 0 Å². The van der Waals surface area contributed by atoms with Crippen LogP contribution in [0.4, 0.5) is 13.2 Å². The molecular formula is C8H11F3O2. The van der Waals surface area contributed by atoms with Crippen LogP contribution in [-0.2, 0) is 9.53 Å². The molecule has 0 saturated carbocycles. The van der Waals surface area contributed by atoms with E-state index >= 15 is 0 Å². The molecule has 0 aromatic rings. The summed E-state index contributed by atoms with van der Waals surface area (Å²) in [6, 6.07) is 0. The highest BCUT2D eigenvalue weighted by molar-refractivity contribution is 5.79. The second-order valence-electron chi connectivity index (χ2n) is 3.14. The van der Waals surface area contributed by atoms with E-state index in [0.717, 1.165) is 0 Å². The van der Waals surface area contributed by atoms with Crippen LogP contribution in [0.25, 0.3) is 0 Å². The van der Waals surface area contributed by atoms with Crippen LogP contribution < -0.4 is 0 Å². The third kappa shape index (κ3) is 4.26. The molecule has 0 amide bonds. The van der Waals surface area contributed by atoms with Gasteiger partial charge in [-0.25, -0.2) is 0 Å². The molecule has 1 heterocycles. The van der Waals surface area contributed by atoms with Crippen molar-refractivity contribution in [1.29, 1.82) is 0 Å². The number of ketones is 1. The largest absolute Gasteiger partial charge is 0.389 e. The Labute approximate surface area is 74.1 Å². The highest BCUT2D eigenvalue weighted by Gasteiger charge is 2.30. The lowest BCUT2D eigenvalue weighted by Gasteiger charge is -2.21. The Morgan fingerprint density at radius 2 is 2.15 bits per heavy atom. The van der Waals surface area contributed by atoms with Gasteiger partial charge in [-0.05, 0) is 6.42 Å². The van der Waals surface area contributed by atoms with Gasteiger partial charge in [-0.3, -0.25) is 4.79 Å². The van der Waals surface area contributed by atoms with E-state index in [2.05, 4.69) is 0 Å². The van der Waals surface area contributed by atoms with Crippen molar-refractivity contribution < 1.29 is 22.7 Å². The molecule has 1 unspecified atom stereocenters. The van der Waals surface area contributed by atoms with Crippen LogP contribution in [0, 0.1) is 0 Å². The summed E-state index contributed by atoms with van der Waals surface area (Å²) in [5, 5.41) is 0. The Hall–Kier alpha value is -0.580. The lowest BCUT2D eigenvalue weighted by Crippen LogP contribution is -2.27. The van der Waals surface area contributed by atoms with Crippen LogP contribution in [-0.4, -0.2) is 24.7 Å². The molecule has 76 valence electrons. The summed E-state index contributed by atoms with van der Waals surface area (Å²) in [5.41, 5.74) is 0. The SMILES string of the molecule is O=C1CCOC(CCC(F)(F)F)C1. The molecule has 0 aromatic carbocycles. The van der Waals surface area contributed by atoms with E-state index < -0.39 is 18.7 Å². The molecule has 5 heteroatoms. The van der Waals surface area contributed by atoms with E-state index in [1.165, 1.54) is 0 Å². The Morgan fingerprint density at radius 1 is 1.46 bits per heavy atom. The number of hydrogen-bond acceptors (Lipinski definition) is 2. The highest BCUT2D eigenvalue weighted by Crippen LogP contribution is 2.25. The zero-order valence-electron chi connectivity index (χ0n) is 7.06. The Balaban J connectivity index is 2.25. The molecule has 0 radical (unpaired) electrons. The lowest BCUT2D eigenvalue weighted by molar-refractivity contribution is -0.147. The molecule has 1 fully saturated rings. The first-order chi connectivity index (χ1) is 5.97.